The zero-order chi connectivity index (χ0) is 22.3. The van der Waals surface area contributed by atoms with E-state index in [-0.39, 0.29) is 0 Å². The van der Waals surface area contributed by atoms with Gasteiger partial charge in [0.2, 0.25) is 0 Å². The van der Waals surface area contributed by atoms with E-state index < -0.39 is 0 Å². The molecule has 0 bridgehead atoms. The molecule has 0 spiro atoms. The van der Waals surface area contributed by atoms with Crippen LogP contribution in [0.1, 0.15) is 11.4 Å². The maximum absolute atomic E-state index is 6.13. The number of imidazole rings is 1. The van der Waals surface area contributed by atoms with Gasteiger partial charge < -0.3 is 4.42 Å². The summed E-state index contributed by atoms with van der Waals surface area (Å²) in [4.78, 5) is 0. The summed E-state index contributed by atoms with van der Waals surface area (Å²) in [7, 11) is 2.15. The Morgan fingerprint density at radius 3 is 2.21 bits per heavy atom. The minimum absolute atomic E-state index is 0.938. The number of hydrogen-bond donors (Lipinski definition) is 0. The molecular formula is C30H23N2O+. The van der Waals surface area contributed by atoms with E-state index in [2.05, 4.69) is 103 Å². The van der Waals surface area contributed by atoms with Crippen molar-refractivity contribution in [3.63, 3.8) is 0 Å². The molecule has 0 aliphatic carbocycles. The van der Waals surface area contributed by atoms with Gasteiger partial charge in [-0.3, -0.25) is 0 Å². The molecule has 0 N–H and O–H groups in total. The Kier molecular flexibility index (Phi) is 3.61. The third-order valence-corrected chi connectivity index (χ3v) is 7.15. The smallest absolute Gasteiger partial charge is 0.259 e. The van der Waals surface area contributed by atoms with E-state index in [1.54, 1.807) is 0 Å². The van der Waals surface area contributed by atoms with Gasteiger partial charge in [-0.15, -0.1) is 0 Å². The van der Waals surface area contributed by atoms with Gasteiger partial charge in [-0.1, -0.05) is 36.4 Å². The Morgan fingerprint density at radius 2 is 1.36 bits per heavy atom. The molecule has 158 valence electrons. The number of aromatic nitrogens is 2. The lowest BCUT2D eigenvalue weighted by Crippen LogP contribution is -2.30. The van der Waals surface area contributed by atoms with Crippen molar-refractivity contribution in [1.29, 1.82) is 0 Å². The third kappa shape index (κ3) is 2.53. The molecular weight excluding hydrogens is 404 g/mol. The molecule has 0 saturated carbocycles. The summed E-state index contributed by atoms with van der Waals surface area (Å²) >= 11 is 0. The summed E-state index contributed by atoms with van der Waals surface area (Å²) in [5.74, 6) is 1.21. The van der Waals surface area contributed by atoms with Gasteiger partial charge in [0.05, 0.1) is 7.05 Å². The Balaban J connectivity index is 1.56. The van der Waals surface area contributed by atoms with Crippen molar-refractivity contribution in [3.05, 3.63) is 96.3 Å². The maximum atomic E-state index is 6.13. The lowest BCUT2D eigenvalue weighted by atomic mass is 10.0. The first-order valence-corrected chi connectivity index (χ1v) is 11.3. The number of rotatable bonds is 1. The molecule has 33 heavy (non-hydrogen) atoms. The van der Waals surface area contributed by atoms with E-state index in [0.29, 0.717) is 0 Å². The first-order chi connectivity index (χ1) is 16.1. The molecule has 2 aromatic heterocycles. The van der Waals surface area contributed by atoms with Gasteiger partial charge in [0.25, 0.3) is 5.82 Å². The molecule has 7 aromatic rings. The monoisotopic (exact) mass is 427 g/mol. The highest BCUT2D eigenvalue weighted by Crippen LogP contribution is 2.35. The van der Waals surface area contributed by atoms with Gasteiger partial charge in [-0.25, -0.2) is 4.57 Å². The molecule has 0 aliphatic heterocycles. The molecule has 0 fully saturated rings. The van der Waals surface area contributed by atoms with Crippen molar-refractivity contribution in [1.82, 2.24) is 4.57 Å². The molecule has 7 rings (SSSR count). The fraction of sp³-hybridized carbons (Fsp3) is 0.100. The lowest BCUT2D eigenvalue weighted by Gasteiger charge is -2.05. The highest BCUT2D eigenvalue weighted by molar-refractivity contribution is 6.12. The van der Waals surface area contributed by atoms with Crippen molar-refractivity contribution in [2.75, 3.05) is 0 Å². The van der Waals surface area contributed by atoms with E-state index >= 15 is 0 Å². The number of furan rings is 1. The molecule has 0 atom stereocenters. The van der Waals surface area contributed by atoms with Crippen LogP contribution in [0.25, 0.3) is 60.2 Å². The summed E-state index contributed by atoms with van der Waals surface area (Å²) in [6.07, 6.45) is 0. The summed E-state index contributed by atoms with van der Waals surface area (Å²) in [6, 6.07) is 30.6. The molecule has 0 saturated heterocycles. The number of aryl methyl sites for hydroxylation is 2. The minimum atomic E-state index is 0.938. The second kappa shape index (κ2) is 6.46. The molecule has 0 amide bonds. The van der Waals surface area contributed by atoms with Crippen molar-refractivity contribution >= 4 is 54.5 Å². The number of para-hydroxylation sites is 2. The molecule has 0 unspecified atom stereocenters. The average Bonchev–Trinajstić information content (AvgIpc) is 3.29. The summed E-state index contributed by atoms with van der Waals surface area (Å²) < 4.78 is 10.8. The van der Waals surface area contributed by atoms with Crippen LogP contribution in [0.15, 0.2) is 89.3 Å². The number of fused-ring (bicyclic) bond motifs is 6. The van der Waals surface area contributed by atoms with Gasteiger partial charge >= 0.3 is 0 Å². The van der Waals surface area contributed by atoms with Crippen LogP contribution in [0, 0.1) is 13.8 Å². The largest absolute Gasteiger partial charge is 0.456 e. The van der Waals surface area contributed by atoms with Crippen molar-refractivity contribution < 1.29 is 8.98 Å². The molecule has 2 heterocycles. The fourth-order valence-corrected chi connectivity index (χ4v) is 5.31. The predicted octanol–water partition coefficient (Wildman–Crippen LogP) is 7.28. The Hall–Kier alpha value is -4.11. The fourth-order valence-electron chi connectivity index (χ4n) is 5.31. The van der Waals surface area contributed by atoms with Gasteiger partial charge in [0.1, 0.15) is 16.9 Å². The Bertz CT molecular complexity index is 1900. The highest BCUT2D eigenvalue weighted by atomic mass is 16.3. The normalized spacial score (nSPS) is 12.1. The standard InChI is InChI=1S/C30H23N2O/c1-18-8-4-6-10-26(18)32-19(2)31(3)27-15-21-13-23-17-30-25(24-9-5-7-11-29(24)33-30)14-20(23)12-22(21)16-28(27)32/h4-17H,1-3H3/q+1. The molecule has 5 aromatic carbocycles. The Morgan fingerprint density at radius 1 is 0.667 bits per heavy atom. The van der Waals surface area contributed by atoms with Gasteiger partial charge in [-0.05, 0) is 82.6 Å². The van der Waals surface area contributed by atoms with Crippen molar-refractivity contribution in [3.8, 4) is 5.69 Å². The first kappa shape index (κ1) is 18.5. The van der Waals surface area contributed by atoms with E-state index in [4.69, 9.17) is 4.42 Å². The van der Waals surface area contributed by atoms with E-state index in [1.807, 2.05) is 12.1 Å². The van der Waals surface area contributed by atoms with Crippen LogP contribution in [0.3, 0.4) is 0 Å². The van der Waals surface area contributed by atoms with E-state index in [1.165, 1.54) is 60.4 Å². The molecule has 0 aliphatic rings. The summed E-state index contributed by atoms with van der Waals surface area (Å²) in [5, 5.41) is 7.25. The van der Waals surface area contributed by atoms with E-state index in [9.17, 15) is 0 Å². The maximum Gasteiger partial charge on any atom is 0.259 e. The number of nitrogens with zero attached hydrogens (tertiary/aromatic N) is 2. The summed E-state index contributed by atoms with van der Waals surface area (Å²) in [6.45, 7) is 4.36. The van der Waals surface area contributed by atoms with Crippen molar-refractivity contribution in [2.45, 2.75) is 13.8 Å². The van der Waals surface area contributed by atoms with Crippen LogP contribution >= 0.6 is 0 Å². The lowest BCUT2D eigenvalue weighted by molar-refractivity contribution is -0.652. The highest BCUT2D eigenvalue weighted by Gasteiger charge is 2.22. The van der Waals surface area contributed by atoms with Crippen LogP contribution in [0.2, 0.25) is 0 Å². The predicted molar refractivity (Wildman–Crippen MR) is 136 cm³/mol. The van der Waals surface area contributed by atoms with Crippen LogP contribution in [-0.4, -0.2) is 4.57 Å². The van der Waals surface area contributed by atoms with Crippen LogP contribution in [0.5, 0.6) is 0 Å². The second-order valence-electron chi connectivity index (χ2n) is 9.06. The van der Waals surface area contributed by atoms with Gasteiger partial charge in [0, 0.05) is 17.7 Å². The topological polar surface area (TPSA) is 21.9 Å². The van der Waals surface area contributed by atoms with Crippen LogP contribution < -0.4 is 4.57 Å². The summed E-state index contributed by atoms with van der Waals surface area (Å²) in [5.41, 5.74) is 6.83. The molecule has 0 radical (unpaired) electrons. The first-order valence-electron chi connectivity index (χ1n) is 11.3. The average molecular weight is 428 g/mol. The quantitative estimate of drug-likeness (QED) is 0.199. The van der Waals surface area contributed by atoms with Gasteiger partial charge in [0.15, 0.2) is 11.0 Å². The zero-order valence-electron chi connectivity index (χ0n) is 18.9. The minimum Gasteiger partial charge on any atom is -0.456 e. The van der Waals surface area contributed by atoms with Gasteiger partial charge in [-0.2, -0.15) is 4.57 Å². The third-order valence-electron chi connectivity index (χ3n) is 7.15. The zero-order valence-corrected chi connectivity index (χ0v) is 18.9. The second-order valence-corrected chi connectivity index (χ2v) is 9.06. The van der Waals surface area contributed by atoms with Crippen molar-refractivity contribution in [2.24, 2.45) is 7.05 Å². The van der Waals surface area contributed by atoms with Crippen LogP contribution in [0.4, 0.5) is 0 Å². The number of benzene rings is 5. The molecule has 3 nitrogen and oxygen atoms in total. The SMILES string of the molecule is Cc1ccccc1-n1c(C)[n+](C)c2cc3cc4cc5oc6ccccc6c5cc4cc3cc21. The van der Waals surface area contributed by atoms with Crippen LogP contribution in [-0.2, 0) is 7.05 Å². The van der Waals surface area contributed by atoms with E-state index in [0.717, 1.165) is 11.2 Å². The molecule has 3 heteroatoms. The Labute approximate surface area is 191 Å². The number of hydrogen-bond acceptors (Lipinski definition) is 1.